The van der Waals surface area contributed by atoms with Crippen LogP contribution in [0.1, 0.15) is 16.4 Å². The number of hydrogen-bond acceptors (Lipinski definition) is 3. The Morgan fingerprint density at radius 1 is 1.05 bits per heavy atom. The molecule has 1 aliphatic rings. The van der Waals surface area contributed by atoms with Gasteiger partial charge >= 0.3 is 0 Å². The maximum absolute atomic E-state index is 13.0. The standard InChI is InChI=1S/C16H12ClFN2S/c17-12-5-1-11(2-6-12)15-9-14(20-16(19)21-15)10-3-7-13(18)8-4-10/h1-9,15H,(H2,19,20)/t15-/m0/s1. The minimum atomic E-state index is -0.268. The van der Waals surface area contributed by atoms with Crippen LogP contribution in [0.4, 0.5) is 4.39 Å². The summed E-state index contributed by atoms with van der Waals surface area (Å²) in [6, 6.07) is 13.9. The number of hydrogen-bond donors (Lipinski definition) is 1. The first-order valence-corrected chi connectivity index (χ1v) is 7.61. The van der Waals surface area contributed by atoms with Gasteiger partial charge in [0.15, 0.2) is 5.17 Å². The third kappa shape index (κ3) is 3.28. The van der Waals surface area contributed by atoms with Crippen LogP contribution < -0.4 is 5.73 Å². The predicted molar refractivity (Wildman–Crippen MR) is 87.8 cm³/mol. The van der Waals surface area contributed by atoms with E-state index in [0.717, 1.165) is 16.8 Å². The first-order chi connectivity index (χ1) is 10.1. The third-order valence-electron chi connectivity index (χ3n) is 3.13. The highest BCUT2D eigenvalue weighted by atomic mass is 35.5. The van der Waals surface area contributed by atoms with E-state index in [1.807, 2.05) is 30.3 Å². The van der Waals surface area contributed by atoms with E-state index in [1.165, 1.54) is 23.9 Å². The maximum atomic E-state index is 13.0. The van der Waals surface area contributed by atoms with Gasteiger partial charge in [-0.1, -0.05) is 35.5 Å². The van der Waals surface area contributed by atoms with Crippen LogP contribution in [0.5, 0.6) is 0 Å². The van der Waals surface area contributed by atoms with Crippen molar-refractivity contribution >= 4 is 34.2 Å². The van der Waals surface area contributed by atoms with E-state index >= 15 is 0 Å². The molecule has 5 heteroatoms. The van der Waals surface area contributed by atoms with Crippen LogP contribution in [0.25, 0.3) is 5.70 Å². The molecule has 0 radical (unpaired) electrons. The van der Waals surface area contributed by atoms with E-state index in [-0.39, 0.29) is 11.1 Å². The summed E-state index contributed by atoms with van der Waals surface area (Å²) in [6.45, 7) is 0. The highest BCUT2D eigenvalue weighted by Crippen LogP contribution is 2.37. The molecule has 1 heterocycles. The molecule has 2 aromatic rings. The first kappa shape index (κ1) is 14.2. The number of halogens is 2. The van der Waals surface area contributed by atoms with Crippen molar-refractivity contribution in [2.45, 2.75) is 5.25 Å². The molecule has 0 unspecified atom stereocenters. The van der Waals surface area contributed by atoms with Crippen molar-refractivity contribution < 1.29 is 4.39 Å². The molecular weight excluding hydrogens is 307 g/mol. The van der Waals surface area contributed by atoms with Crippen molar-refractivity contribution in [2.75, 3.05) is 0 Å². The summed E-state index contributed by atoms with van der Waals surface area (Å²) in [6.07, 6.45) is 2.03. The summed E-state index contributed by atoms with van der Waals surface area (Å²) < 4.78 is 13.0. The van der Waals surface area contributed by atoms with Crippen LogP contribution in [0.2, 0.25) is 5.02 Å². The lowest BCUT2D eigenvalue weighted by Gasteiger charge is -2.19. The molecule has 0 bridgehead atoms. The number of nitrogens with two attached hydrogens (primary N) is 1. The zero-order valence-electron chi connectivity index (χ0n) is 11.0. The Morgan fingerprint density at radius 3 is 2.38 bits per heavy atom. The topological polar surface area (TPSA) is 38.4 Å². The molecule has 1 atom stereocenters. The van der Waals surface area contributed by atoms with E-state index in [1.54, 1.807) is 12.1 Å². The second-order valence-electron chi connectivity index (χ2n) is 4.60. The molecule has 2 nitrogen and oxygen atoms in total. The average Bonchev–Trinajstić information content (AvgIpc) is 2.48. The lowest BCUT2D eigenvalue weighted by Crippen LogP contribution is -2.12. The Kier molecular flexibility index (Phi) is 3.99. The van der Waals surface area contributed by atoms with Gasteiger partial charge in [0, 0.05) is 10.6 Å². The summed E-state index contributed by atoms with van der Waals surface area (Å²) in [7, 11) is 0. The van der Waals surface area contributed by atoms with Crippen LogP contribution >= 0.6 is 23.4 Å². The lowest BCUT2D eigenvalue weighted by atomic mass is 10.1. The van der Waals surface area contributed by atoms with Gasteiger partial charge in [-0.25, -0.2) is 9.38 Å². The Balaban J connectivity index is 1.95. The fraction of sp³-hybridized carbons (Fsp3) is 0.0625. The fourth-order valence-corrected chi connectivity index (χ4v) is 3.12. The van der Waals surface area contributed by atoms with Gasteiger partial charge in [0.25, 0.3) is 0 Å². The summed E-state index contributed by atoms with van der Waals surface area (Å²) in [4.78, 5) is 4.35. The quantitative estimate of drug-likeness (QED) is 0.877. The maximum Gasteiger partial charge on any atom is 0.160 e. The fourth-order valence-electron chi connectivity index (χ4n) is 2.09. The molecule has 0 fully saturated rings. The summed E-state index contributed by atoms with van der Waals surface area (Å²) in [5.41, 5.74) is 8.62. The second kappa shape index (κ2) is 5.92. The molecular formula is C16H12ClFN2S. The summed E-state index contributed by atoms with van der Waals surface area (Å²) in [5.74, 6) is -0.268. The molecule has 0 aromatic heterocycles. The van der Waals surface area contributed by atoms with E-state index in [0.29, 0.717) is 10.2 Å². The van der Waals surface area contributed by atoms with Crippen molar-refractivity contribution in [1.29, 1.82) is 0 Å². The zero-order chi connectivity index (χ0) is 14.8. The van der Waals surface area contributed by atoms with Crippen molar-refractivity contribution in [1.82, 2.24) is 0 Å². The van der Waals surface area contributed by atoms with Gasteiger partial charge in [-0.05, 0) is 48.0 Å². The number of amidine groups is 1. The molecule has 1 aliphatic heterocycles. The molecule has 0 saturated heterocycles. The highest BCUT2D eigenvalue weighted by Gasteiger charge is 2.18. The second-order valence-corrected chi connectivity index (χ2v) is 6.20. The minimum Gasteiger partial charge on any atom is -0.378 e. The highest BCUT2D eigenvalue weighted by molar-refractivity contribution is 8.14. The van der Waals surface area contributed by atoms with Crippen molar-refractivity contribution in [2.24, 2.45) is 10.7 Å². The van der Waals surface area contributed by atoms with E-state index in [4.69, 9.17) is 17.3 Å². The molecule has 3 rings (SSSR count). The minimum absolute atomic E-state index is 0.0693. The molecule has 0 aliphatic carbocycles. The normalized spacial score (nSPS) is 18.1. The van der Waals surface area contributed by atoms with Gasteiger partial charge in [-0.3, -0.25) is 0 Å². The van der Waals surface area contributed by atoms with Gasteiger partial charge in [-0.15, -0.1) is 0 Å². The van der Waals surface area contributed by atoms with E-state index < -0.39 is 0 Å². The predicted octanol–water partition coefficient (Wildman–Crippen LogP) is 4.62. The molecule has 2 aromatic carbocycles. The van der Waals surface area contributed by atoms with Crippen molar-refractivity contribution in [3.05, 3.63) is 76.6 Å². The van der Waals surface area contributed by atoms with Gasteiger partial charge in [0.1, 0.15) is 5.82 Å². The Bertz CT molecular complexity index is 708. The van der Waals surface area contributed by atoms with Gasteiger partial charge < -0.3 is 5.73 Å². The number of nitrogens with zero attached hydrogens (tertiary/aromatic N) is 1. The molecule has 0 spiro atoms. The van der Waals surface area contributed by atoms with Gasteiger partial charge in [-0.2, -0.15) is 0 Å². The van der Waals surface area contributed by atoms with Crippen LogP contribution in [-0.2, 0) is 0 Å². The lowest BCUT2D eigenvalue weighted by molar-refractivity contribution is 0.627. The number of thioether (sulfide) groups is 1. The zero-order valence-corrected chi connectivity index (χ0v) is 12.5. The summed E-state index contributed by atoms with van der Waals surface area (Å²) >= 11 is 7.39. The first-order valence-electron chi connectivity index (χ1n) is 6.36. The molecule has 0 saturated carbocycles. The van der Waals surface area contributed by atoms with Crippen LogP contribution in [0.3, 0.4) is 0 Å². The van der Waals surface area contributed by atoms with Crippen LogP contribution in [0, 0.1) is 5.82 Å². The largest absolute Gasteiger partial charge is 0.378 e. The Morgan fingerprint density at radius 2 is 1.71 bits per heavy atom. The smallest absolute Gasteiger partial charge is 0.160 e. The molecule has 0 amide bonds. The molecule has 2 N–H and O–H groups in total. The van der Waals surface area contributed by atoms with E-state index in [2.05, 4.69) is 4.99 Å². The number of aliphatic imine (C=N–C) groups is 1. The van der Waals surface area contributed by atoms with Gasteiger partial charge in [0.05, 0.1) is 10.9 Å². The number of rotatable bonds is 2. The van der Waals surface area contributed by atoms with Crippen molar-refractivity contribution in [3.63, 3.8) is 0 Å². The molecule has 21 heavy (non-hydrogen) atoms. The summed E-state index contributed by atoms with van der Waals surface area (Å²) in [5, 5.41) is 1.26. The SMILES string of the molecule is NC1=NC(c2ccc(F)cc2)=C[C@@H](c2ccc(Cl)cc2)S1. The molecule has 106 valence electrons. The van der Waals surface area contributed by atoms with Crippen LogP contribution in [0.15, 0.2) is 59.6 Å². The van der Waals surface area contributed by atoms with E-state index in [9.17, 15) is 4.39 Å². The monoisotopic (exact) mass is 318 g/mol. The Labute approximate surface area is 131 Å². The average molecular weight is 319 g/mol. The number of benzene rings is 2. The third-order valence-corrected chi connectivity index (χ3v) is 4.37. The van der Waals surface area contributed by atoms with Crippen LogP contribution in [-0.4, -0.2) is 5.17 Å². The van der Waals surface area contributed by atoms with Gasteiger partial charge in [0.2, 0.25) is 0 Å². The Hall–Kier alpha value is -1.78. The van der Waals surface area contributed by atoms with Crippen molar-refractivity contribution in [3.8, 4) is 0 Å².